The molecule has 0 N–H and O–H groups in total. The predicted molar refractivity (Wildman–Crippen MR) is 112 cm³/mol. The summed E-state index contributed by atoms with van der Waals surface area (Å²) in [6.45, 7) is 1.83. The highest BCUT2D eigenvalue weighted by molar-refractivity contribution is 6.32. The molecule has 0 aliphatic heterocycles. The molecule has 0 amide bonds. The Balaban J connectivity index is 2.01. The predicted octanol–water partition coefficient (Wildman–Crippen LogP) is 4.64. The highest BCUT2D eigenvalue weighted by atomic mass is 35.5. The Morgan fingerprint density at radius 1 is 1.24 bits per heavy atom. The second-order valence-electron chi connectivity index (χ2n) is 6.13. The van der Waals surface area contributed by atoms with Crippen LogP contribution in [-0.2, 0) is 4.84 Å². The van der Waals surface area contributed by atoms with Crippen LogP contribution >= 0.6 is 23.2 Å². The molecule has 0 radical (unpaired) electrons. The van der Waals surface area contributed by atoms with E-state index in [1.807, 2.05) is 6.92 Å². The van der Waals surface area contributed by atoms with Gasteiger partial charge in [0.2, 0.25) is 5.89 Å². The molecule has 7 nitrogen and oxygen atoms in total. The van der Waals surface area contributed by atoms with E-state index in [0.29, 0.717) is 38.2 Å². The van der Waals surface area contributed by atoms with E-state index < -0.39 is 5.63 Å². The second kappa shape index (κ2) is 7.69. The first-order valence-corrected chi connectivity index (χ1v) is 9.25. The van der Waals surface area contributed by atoms with E-state index in [0.717, 1.165) is 5.56 Å². The smallest absolute Gasteiger partial charge is 0.347 e. The lowest BCUT2D eigenvalue weighted by atomic mass is 10.1. The highest BCUT2D eigenvalue weighted by Gasteiger charge is 2.19. The lowest BCUT2D eigenvalue weighted by Gasteiger charge is -2.11. The quantitative estimate of drug-likeness (QED) is 0.349. The molecule has 0 unspecified atom stereocenters. The summed E-state index contributed by atoms with van der Waals surface area (Å²) in [6.07, 6.45) is 3.11. The minimum Gasteiger partial charge on any atom is -0.401 e. The van der Waals surface area contributed by atoms with Crippen molar-refractivity contribution in [1.29, 1.82) is 0 Å². The zero-order chi connectivity index (χ0) is 20.5. The van der Waals surface area contributed by atoms with Gasteiger partial charge >= 0.3 is 5.63 Å². The number of fused-ring (bicyclic) bond motifs is 1. The summed E-state index contributed by atoms with van der Waals surface area (Å²) in [5.74, 6) is 0.552. The normalized spacial score (nSPS) is 11.4. The third kappa shape index (κ3) is 3.50. The highest BCUT2D eigenvalue weighted by Crippen LogP contribution is 2.29. The SMILES string of the molecule is CON=Cc1ccc(-c2nc3c(C)cc(Cl)cc3c(=O)o2)n1-c1ncccc1Cl. The van der Waals surface area contributed by atoms with Crippen molar-refractivity contribution >= 4 is 40.3 Å². The number of rotatable bonds is 4. The van der Waals surface area contributed by atoms with Crippen LogP contribution in [0.25, 0.3) is 28.3 Å². The molecular formula is C20H14Cl2N4O3. The Bertz CT molecular complexity index is 1310. The van der Waals surface area contributed by atoms with Gasteiger partial charge in [0.25, 0.3) is 0 Å². The van der Waals surface area contributed by atoms with Crippen LogP contribution in [0.4, 0.5) is 0 Å². The minimum absolute atomic E-state index is 0.117. The van der Waals surface area contributed by atoms with Crippen LogP contribution in [0, 0.1) is 6.92 Å². The molecule has 0 fully saturated rings. The van der Waals surface area contributed by atoms with Crippen LogP contribution in [0.5, 0.6) is 0 Å². The summed E-state index contributed by atoms with van der Waals surface area (Å²) >= 11 is 12.4. The molecule has 3 heterocycles. The maximum atomic E-state index is 12.6. The molecule has 4 rings (SSSR count). The van der Waals surface area contributed by atoms with Gasteiger partial charge in [-0.3, -0.25) is 4.57 Å². The number of nitrogens with zero attached hydrogens (tertiary/aromatic N) is 4. The molecule has 0 spiro atoms. The van der Waals surface area contributed by atoms with Gasteiger partial charge in [-0.2, -0.15) is 0 Å². The average Bonchev–Trinajstić information content (AvgIpc) is 3.11. The second-order valence-corrected chi connectivity index (χ2v) is 6.97. The number of oxime groups is 1. The molecule has 0 saturated carbocycles. The maximum absolute atomic E-state index is 12.6. The largest absolute Gasteiger partial charge is 0.401 e. The summed E-state index contributed by atoms with van der Waals surface area (Å²) in [5, 5.41) is 4.97. The van der Waals surface area contributed by atoms with Crippen molar-refractivity contribution < 1.29 is 9.25 Å². The lowest BCUT2D eigenvalue weighted by Crippen LogP contribution is -2.09. The average molecular weight is 429 g/mol. The summed E-state index contributed by atoms with van der Waals surface area (Å²) in [6, 6.07) is 10.2. The first kappa shape index (κ1) is 19.2. The molecule has 0 saturated heterocycles. The molecule has 146 valence electrons. The minimum atomic E-state index is -0.539. The van der Waals surface area contributed by atoms with Crippen LogP contribution in [0.15, 0.2) is 57.0 Å². The molecule has 3 aromatic heterocycles. The van der Waals surface area contributed by atoms with Crippen LogP contribution in [0.1, 0.15) is 11.3 Å². The molecule has 1 aromatic carbocycles. The fourth-order valence-corrected chi connectivity index (χ4v) is 3.50. The third-order valence-corrected chi connectivity index (χ3v) is 4.77. The van der Waals surface area contributed by atoms with Crippen molar-refractivity contribution in [2.24, 2.45) is 5.16 Å². The number of benzene rings is 1. The summed E-state index contributed by atoms with van der Waals surface area (Å²) in [7, 11) is 1.44. The van der Waals surface area contributed by atoms with Gasteiger partial charge < -0.3 is 9.25 Å². The van der Waals surface area contributed by atoms with Gasteiger partial charge in [0, 0.05) is 11.2 Å². The summed E-state index contributed by atoms with van der Waals surface area (Å²) < 4.78 is 7.20. The number of hydrogen-bond donors (Lipinski definition) is 0. The Labute approximate surface area is 175 Å². The van der Waals surface area contributed by atoms with Crippen molar-refractivity contribution in [3.63, 3.8) is 0 Å². The van der Waals surface area contributed by atoms with Gasteiger partial charge in [-0.25, -0.2) is 14.8 Å². The molecule has 9 heteroatoms. The van der Waals surface area contributed by atoms with E-state index in [9.17, 15) is 4.79 Å². The number of pyridine rings is 1. The van der Waals surface area contributed by atoms with Gasteiger partial charge in [0.05, 0.1) is 27.8 Å². The molecule has 0 aliphatic carbocycles. The van der Waals surface area contributed by atoms with Gasteiger partial charge in [-0.15, -0.1) is 0 Å². The zero-order valence-corrected chi connectivity index (χ0v) is 16.9. The summed E-state index contributed by atoms with van der Waals surface area (Å²) in [4.78, 5) is 26.3. The first-order valence-electron chi connectivity index (χ1n) is 8.50. The topological polar surface area (TPSA) is 82.5 Å². The van der Waals surface area contributed by atoms with Gasteiger partial charge in [-0.05, 0) is 48.9 Å². The van der Waals surface area contributed by atoms with E-state index in [1.54, 1.807) is 41.1 Å². The maximum Gasteiger partial charge on any atom is 0.347 e. The van der Waals surface area contributed by atoms with Crippen LogP contribution < -0.4 is 5.63 Å². The summed E-state index contributed by atoms with van der Waals surface area (Å²) in [5.41, 5.74) is 1.82. The Morgan fingerprint density at radius 3 is 2.83 bits per heavy atom. The van der Waals surface area contributed by atoms with Crippen molar-refractivity contribution in [1.82, 2.24) is 14.5 Å². The van der Waals surface area contributed by atoms with E-state index in [1.165, 1.54) is 19.4 Å². The van der Waals surface area contributed by atoms with Gasteiger partial charge in [0.15, 0.2) is 5.82 Å². The van der Waals surface area contributed by atoms with Crippen molar-refractivity contribution in [3.8, 4) is 17.4 Å². The van der Waals surface area contributed by atoms with Gasteiger partial charge in [-0.1, -0.05) is 28.4 Å². The van der Waals surface area contributed by atoms with E-state index >= 15 is 0 Å². The van der Waals surface area contributed by atoms with Crippen LogP contribution in [-0.4, -0.2) is 27.9 Å². The zero-order valence-electron chi connectivity index (χ0n) is 15.4. The Morgan fingerprint density at radius 2 is 2.07 bits per heavy atom. The molecule has 0 atom stereocenters. The van der Waals surface area contributed by atoms with E-state index in [-0.39, 0.29) is 5.89 Å². The van der Waals surface area contributed by atoms with Gasteiger partial charge in [0.1, 0.15) is 12.8 Å². The monoisotopic (exact) mass is 428 g/mol. The number of hydrogen-bond acceptors (Lipinski definition) is 6. The molecular weight excluding hydrogens is 415 g/mol. The van der Waals surface area contributed by atoms with Crippen LogP contribution in [0.3, 0.4) is 0 Å². The Hall–Kier alpha value is -3.16. The first-order chi connectivity index (χ1) is 14.0. The fraction of sp³-hybridized carbons (Fsp3) is 0.100. The number of aromatic nitrogens is 3. The molecule has 0 aliphatic rings. The Kier molecular flexibility index (Phi) is 5.08. The lowest BCUT2D eigenvalue weighted by molar-refractivity contribution is 0.215. The third-order valence-electron chi connectivity index (χ3n) is 4.26. The standard InChI is InChI=1S/C20H14Cl2N4O3/c1-11-8-12(21)9-14-17(11)25-19(29-20(14)27)16-6-5-13(10-24-28-2)26(16)18-15(22)4-3-7-23-18/h3-10H,1-2H3. The number of halogens is 2. The molecule has 29 heavy (non-hydrogen) atoms. The van der Waals surface area contributed by atoms with Crippen molar-refractivity contribution in [2.75, 3.05) is 7.11 Å². The molecule has 4 aromatic rings. The van der Waals surface area contributed by atoms with Crippen molar-refractivity contribution in [2.45, 2.75) is 6.92 Å². The van der Waals surface area contributed by atoms with E-state index in [4.69, 9.17) is 32.5 Å². The molecule has 0 bridgehead atoms. The van der Waals surface area contributed by atoms with E-state index in [2.05, 4.69) is 15.1 Å². The van der Waals surface area contributed by atoms with Crippen LogP contribution in [0.2, 0.25) is 10.0 Å². The number of aryl methyl sites for hydroxylation is 1. The van der Waals surface area contributed by atoms with Crippen molar-refractivity contribution in [3.05, 3.63) is 74.3 Å². The fourth-order valence-electron chi connectivity index (χ4n) is 3.02.